The van der Waals surface area contributed by atoms with Crippen molar-refractivity contribution < 1.29 is 4.79 Å². The summed E-state index contributed by atoms with van der Waals surface area (Å²) >= 11 is 6.16. The second-order valence-electron chi connectivity index (χ2n) is 6.60. The van der Waals surface area contributed by atoms with E-state index in [-0.39, 0.29) is 36.8 Å². The molecule has 0 aliphatic carbocycles. The van der Waals surface area contributed by atoms with E-state index in [2.05, 4.69) is 20.5 Å². The van der Waals surface area contributed by atoms with Crippen molar-refractivity contribution in [1.82, 2.24) is 25.4 Å². The Labute approximate surface area is 186 Å². The number of piperazine rings is 1. The molecule has 0 spiro atoms. The van der Waals surface area contributed by atoms with E-state index in [4.69, 9.17) is 11.6 Å². The molecule has 1 fully saturated rings. The van der Waals surface area contributed by atoms with Gasteiger partial charge in [-0.3, -0.25) is 9.89 Å². The van der Waals surface area contributed by atoms with E-state index < -0.39 is 0 Å². The van der Waals surface area contributed by atoms with Crippen LogP contribution in [0.2, 0.25) is 5.02 Å². The number of amides is 1. The molecule has 2 N–H and O–H groups in total. The largest absolute Gasteiger partial charge is 0.329 e. The number of nitrogens with zero attached hydrogens (tertiary/aromatic N) is 3. The number of aromatic amines is 1. The van der Waals surface area contributed by atoms with E-state index in [0.717, 1.165) is 23.5 Å². The quantitative estimate of drug-likeness (QED) is 0.626. The van der Waals surface area contributed by atoms with Gasteiger partial charge in [0.15, 0.2) is 5.82 Å². The number of rotatable bonds is 3. The highest BCUT2D eigenvalue weighted by atomic mass is 35.5. The highest BCUT2D eigenvalue weighted by Crippen LogP contribution is 2.27. The van der Waals surface area contributed by atoms with E-state index in [1.807, 2.05) is 60.4 Å². The fraction of sp³-hybridized carbons (Fsp3) is 0.250. The smallest absolute Gasteiger partial charge is 0.254 e. The summed E-state index contributed by atoms with van der Waals surface area (Å²) in [5.41, 5.74) is 2.48. The van der Waals surface area contributed by atoms with Crippen LogP contribution >= 0.6 is 36.4 Å². The summed E-state index contributed by atoms with van der Waals surface area (Å²) < 4.78 is 0. The van der Waals surface area contributed by atoms with Gasteiger partial charge in [0.1, 0.15) is 5.82 Å². The number of nitrogens with one attached hydrogen (secondary N) is 2. The van der Waals surface area contributed by atoms with E-state index in [0.29, 0.717) is 29.5 Å². The van der Waals surface area contributed by atoms with Gasteiger partial charge in [-0.15, -0.1) is 24.8 Å². The van der Waals surface area contributed by atoms with Crippen LogP contribution in [0.5, 0.6) is 0 Å². The van der Waals surface area contributed by atoms with Gasteiger partial charge in [-0.25, -0.2) is 4.98 Å². The first kappa shape index (κ1) is 23.2. The van der Waals surface area contributed by atoms with Gasteiger partial charge in [-0.1, -0.05) is 35.9 Å². The number of hydrogen-bond donors (Lipinski definition) is 2. The molecule has 0 bridgehead atoms. The number of H-pyrrole nitrogens is 1. The first-order valence-corrected chi connectivity index (χ1v) is 9.26. The Balaban J connectivity index is 0.00000150. The van der Waals surface area contributed by atoms with Gasteiger partial charge in [0.05, 0.1) is 6.04 Å². The predicted octanol–water partition coefficient (Wildman–Crippen LogP) is 4.06. The molecule has 1 saturated heterocycles. The number of aryl methyl sites for hydroxylation is 1. The third-order valence-corrected chi connectivity index (χ3v) is 4.94. The van der Waals surface area contributed by atoms with Gasteiger partial charge in [0, 0.05) is 35.8 Å². The molecule has 1 atom stereocenters. The Hall–Kier alpha value is -2.12. The molecule has 154 valence electrons. The highest BCUT2D eigenvalue weighted by molar-refractivity contribution is 6.30. The zero-order valence-corrected chi connectivity index (χ0v) is 18.2. The Morgan fingerprint density at radius 2 is 1.97 bits per heavy atom. The molecule has 1 aromatic heterocycles. The maximum Gasteiger partial charge on any atom is 0.254 e. The second-order valence-corrected chi connectivity index (χ2v) is 7.04. The third-order valence-electron chi connectivity index (χ3n) is 4.70. The minimum Gasteiger partial charge on any atom is -0.329 e. The molecule has 29 heavy (non-hydrogen) atoms. The molecule has 4 rings (SSSR count). The molecular formula is C20H22Cl3N5O. The molecule has 3 aromatic rings. The van der Waals surface area contributed by atoms with Crippen molar-refractivity contribution >= 4 is 42.3 Å². The summed E-state index contributed by atoms with van der Waals surface area (Å²) in [6.07, 6.45) is 0. The molecule has 2 aromatic carbocycles. The first-order valence-electron chi connectivity index (χ1n) is 8.88. The normalized spacial score (nSPS) is 15.9. The lowest BCUT2D eigenvalue weighted by atomic mass is 10.0. The summed E-state index contributed by atoms with van der Waals surface area (Å²) in [5, 5.41) is 11.1. The molecule has 1 aliphatic rings. The van der Waals surface area contributed by atoms with Crippen molar-refractivity contribution in [2.24, 2.45) is 0 Å². The van der Waals surface area contributed by atoms with Crippen LogP contribution < -0.4 is 5.32 Å². The summed E-state index contributed by atoms with van der Waals surface area (Å²) in [6, 6.07) is 15.1. The topological polar surface area (TPSA) is 73.9 Å². The maximum absolute atomic E-state index is 13.3. The van der Waals surface area contributed by atoms with Gasteiger partial charge in [0.2, 0.25) is 0 Å². The second kappa shape index (κ2) is 10.1. The summed E-state index contributed by atoms with van der Waals surface area (Å²) in [5.74, 6) is 1.33. The average molecular weight is 455 g/mol. The summed E-state index contributed by atoms with van der Waals surface area (Å²) in [7, 11) is 0. The van der Waals surface area contributed by atoms with Gasteiger partial charge in [-0.05, 0) is 36.8 Å². The zero-order valence-electron chi connectivity index (χ0n) is 15.8. The van der Waals surface area contributed by atoms with Crippen molar-refractivity contribution in [2.75, 3.05) is 19.6 Å². The van der Waals surface area contributed by atoms with Crippen LogP contribution in [0.4, 0.5) is 0 Å². The van der Waals surface area contributed by atoms with Crippen LogP contribution in [0.1, 0.15) is 27.8 Å². The zero-order chi connectivity index (χ0) is 18.8. The Kier molecular flexibility index (Phi) is 8.05. The fourth-order valence-corrected chi connectivity index (χ4v) is 3.59. The molecular weight excluding hydrogens is 433 g/mol. The van der Waals surface area contributed by atoms with E-state index in [9.17, 15) is 4.79 Å². The predicted molar refractivity (Wildman–Crippen MR) is 119 cm³/mol. The monoisotopic (exact) mass is 453 g/mol. The number of carbonyl (C=O) groups is 1. The van der Waals surface area contributed by atoms with Crippen molar-refractivity contribution in [3.63, 3.8) is 0 Å². The maximum atomic E-state index is 13.3. The minimum absolute atomic E-state index is 0. The average Bonchev–Trinajstić information content (AvgIpc) is 3.14. The number of carbonyl (C=O) groups excluding carboxylic acids is 1. The SMILES string of the molecule is Cc1nc(-c2cccc(C(=O)N3CCNCC3c3cccc(Cl)c3)c2)n[nH]1.Cl.Cl. The minimum atomic E-state index is -0.0561. The number of hydrogen-bond acceptors (Lipinski definition) is 4. The van der Waals surface area contributed by atoms with E-state index in [1.165, 1.54) is 0 Å². The summed E-state index contributed by atoms with van der Waals surface area (Å²) in [6.45, 7) is 3.95. The van der Waals surface area contributed by atoms with Crippen LogP contribution in [-0.2, 0) is 0 Å². The van der Waals surface area contributed by atoms with Crippen molar-refractivity contribution in [1.29, 1.82) is 0 Å². The van der Waals surface area contributed by atoms with Crippen LogP contribution in [-0.4, -0.2) is 45.6 Å². The Morgan fingerprint density at radius 1 is 1.17 bits per heavy atom. The van der Waals surface area contributed by atoms with Crippen LogP contribution in [0.3, 0.4) is 0 Å². The van der Waals surface area contributed by atoms with Crippen LogP contribution in [0.15, 0.2) is 48.5 Å². The van der Waals surface area contributed by atoms with Crippen molar-refractivity contribution in [3.8, 4) is 11.4 Å². The first-order chi connectivity index (χ1) is 13.1. The van der Waals surface area contributed by atoms with Crippen LogP contribution in [0.25, 0.3) is 11.4 Å². The molecule has 6 nitrogen and oxygen atoms in total. The van der Waals surface area contributed by atoms with Crippen LogP contribution in [0, 0.1) is 6.92 Å². The lowest BCUT2D eigenvalue weighted by molar-refractivity contribution is 0.0634. The standard InChI is InChI=1S/C20H20ClN5O.2ClH/c1-13-23-19(25-24-13)15-5-2-6-16(10-15)20(27)26-9-8-22-12-18(26)14-4-3-7-17(21)11-14;;/h2-7,10-11,18,22H,8-9,12H2,1H3,(H,23,24,25);2*1H. The highest BCUT2D eigenvalue weighted by Gasteiger charge is 2.29. The van der Waals surface area contributed by atoms with Gasteiger partial charge < -0.3 is 10.2 Å². The Bertz CT molecular complexity index is 978. The van der Waals surface area contributed by atoms with Gasteiger partial charge >= 0.3 is 0 Å². The molecule has 1 unspecified atom stereocenters. The lowest BCUT2D eigenvalue weighted by Crippen LogP contribution is -2.48. The van der Waals surface area contributed by atoms with Crippen molar-refractivity contribution in [2.45, 2.75) is 13.0 Å². The number of aromatic nitrogens is 3. The molecule has 0 saturated carbocycles. The summed E-state index contributed by atoms with van der Waals surface area (Å²) in [4.78, 5) is 19.5. The molecule has 0 radical (unpaired) electrons. The molecule has 1 amide bonds. The van der Waals surface area contributed by atoms with E-state index >= 15 is 0 Å². The van der Waals surface area contributed by atoms with E-state index in [1.54, 1.807) is 0 Å². The molecule has 9 heteroatoms. The Morgan fingerprint density at radius 3 is 2.69 bits per heavy atom. The van der Waals surface area contributed by atoms with Crippen molar-refractivity contribution in [3.05, 3.63) is 70.5 Å². The molecule has 1 aliphatic heterocycles. The third kappa shape index (κ3) is 5.08. The molecule has 2 heterocycles. The lowest BCUT2D eigenvalue weighted by Gasteiger charge is -2.36. The van der Waals surface area contributed by atoms with Gasteiger partial charge in [0.25, 0.3) is 5.91 Å². The van der Waals surface area contributed by atoms with Gasteiger partial charge in [-0.2, -0.15) is 5.10 Å². The number of benzene rings is 2. The number of halogens is 3. The fourth-order valence-electron chi connectivity index (χ4n) is 3.39.